The molecule has 0 aliphatic carbocycles. The van der Waals surface area contributed by atoms with Crippen LogP contribution in [0.1, 0.15) is 35.3 Å². The molecule has 0 saturated heterocycles. The zero-order valence-corrected chi connectivity index (χ0v) is 17.0. The number of aldehydes is 1. The molecule has 2 heterocycles. The summed E-state index contributed by atoms with van der Waals surface area (Å²) in [7, 11) is 0. The van der Waals surface area contributed by atoms with Crippen molar-refractivity contribution in [2.45, 2.75) is 34.2 Å². The highest BCUT2D eigenvalue weighted by Crippen LogP contribution is 2.28. The summed E-state index contributed by atoms with van der Waals surface area (Å²) in [5.74, 6) is 1.74. The van der Waals surface area contributed by atoms with Crippen molar-refractivity contribution in [3.63, 3.8) is 0 Å². The van der Waals surface area contributed by atoms with Crippen LogP contribution in [0.15, 0.2) is 36.5 Å². The fraction of sp³-hybridized carbons (Fsp3) is 0.273. The molecule has 4 aromatic rings. The molecular formula is C22H24N6O. The molecule has 4 rings (SSSR count). The van der Waals surface area contributed by atoms with Gasteiger partial charge in [0.2, 0.25) is 5.95 Å². The third-order valence-electron chi connectivity index (χ3n) is 5.00. The molecule has 7 heteroatoms. The summed E-state index contributed by atoms with van der Waals surface area (Å²) in [6, 6.07) is 9.67. The number of fused-ring (bicyclic) bond motifs is 1. The summed E-state index contributed by atoms with van der Waals surface area (Å²) in [5.41, 5.74) is 5.55. The van der Waals surface area contributed by atoms with Gasteiger partial charge in [-0.25, -0.2) is 4.68 Å². The monoisotopic (exact) mass is 388 g/mol. The molecule has 0 saturated carbocycles. The van der Waals surface area contributed by atoms with Crippen LogP contribution in [0.5, 0.6) is 0 Å². The predicted molar refractivity (Wildman–Crippen MR) is 115 cm³/mol. The SMILES string of the molecule is Cc1cc(-c2nc(Nc3ccc4[nH]ncc4c3C)n(CC(C)C)n2)ccc1C=O. The van der Waals surface area contributed by atoms with Crippen molar-refractivity contribution in [1.82, 2.24) is 25.0 Å². The Balaban J connectivity index is 1.74. The summed E-state index contributed by atoms with van der Waals surface area (Å²) in [6.45, 7) is 9.02. The minimum atomic E-state index is 0.418. The Morgan fingerprint density at radius 2 is 2.03 bits per heavy atom. The number of benzene rings is 2. The molecule has 29 heavy (non-hydrogen) atoms. The molecule has 0 fully saturated rings. The third-order valence-corrected chi connectivity index (χ3v) is 5.00. The summed E-state index contributed by atoms with van der Waals surface area (Å²) in [5, 5.41) is 16.4. The van der Waals surface area contributed by atoms with E-state index in [1.165, 1.54) is 0 Å². The second-order valence-corrected chi connectivity index (χ2v) is 7.72. The lowest BCUT2D eigenvalue weighted by Gasteiger charge is -2.12. The molecule has 0 bridgehead atoms. The quantitative estimate of drug-likeness (QED) is 0.469. The lowest BCUT2D eigenvalue weighted by molar-refractivity contribution is 0.112. The zero-order chi connectivity index (χ0) is 20.5. The first-order chi connectivity index (χ1) is 14.0. The van der Waals surface area contributed by atoms with Gasteiger partial charge < -0.3 is 5.32 Å². The average Bonchev–Trinajstić information content (AvgIpc) is 3.31. The van der Waals surface area contributed by atoms with E-state index in [2.05, 4.69) is 36.3 Å². The van der Waals surface area contributed by atoms with Gasteiger partial charge >= 0.3 is 0 Å². The summed E-state index contributed by atoms with van der Waals surface area (Å²) in [6.07, 6.45) is 2.70. The number of nitrogens with zero attached hydrogens (tertiary/aromatic N) is 4. The van der Waals surface area contributed by atoms with Crippen molar-refractivity contribution in [2.75, 3.05) is 5.32 Å². The van der Waals surface area contributed by atoms with Gasteiger partial charge in [-0.05, 0) is 49.1 Å². The topological polar surface area (TPSA) is 88.5 Å². The first-order valence-electron chi connectivity index (χ1n) is 9.67. The normalized spacial score (nSPS) is 11.3. The van der Waals surface area contributed by atoms with E-state index >= 15 is 0 Å². The van der Waals surface area contributed by atoms with Gasteiger partial charge in [0.15, 0.2) is 5.82 Å². The van der Waals surface area contributed by atoms with Crippen molar-refractivity contribution in [3.05, 3.63) is 53.2 Å². The van der Waals surface area contributed by atoms with Crippen LogP contribution in [0.4, 0.5) is 11.6 Å². The molecule has 0 aliphatic heterocycles. The molecule has 7 nitrogen and oxygen atoms in total. The van der Waals surface area contributed by atoms with Crippen molar-refractivity contribution >= 4 is 28.8 Å². The van der Waals surface area contributed by atoms with Gasteiger partial charge in [0, 0.05) is 28.7 Å². The van der Waals surface area contributed by atoms with Crippen LogP contribution in [-0.4, -0.2) is 31.2 Å². The van der Waals surface area contributed by atoms with Crippen LogP contribution >= 0.6 is 0 Å². The summed E-state index contributed by atoms with van der Waals surface area (Å²) >= 11 is 0. The van der Waals surface area contributed by atoms with Crippen molar-refractivity contribution in [1.29, 1.82) is 0 Å². The van der Waals surface area contributed by atoms with E-state index in [0.29, 0.717) is 23.3 Å². The Bertz CT molecular complexity index is 1190. The van der Waals surface area contributed by atoms with Crippen molar-refractivity contribution in [3.8, 4) is 11.4 Å². The van der Waals surface area contributed by atoms with Crippen molar-refractivity contribution < 1.29 is 4.79 Å². The Kier molecular flexibility index (Phi) is 4.88. The van der Waals surface area contributed by atoms with E-state index in [4.69, 9.17) is 10.1 Å². The molecule has 2 N–H and O–H groups in total. The predicted octanol–water partition coefficient (Wildman–Crippen LogP) is 4.65. The molecule has 0 spiro atoms. The number of nitrogens with one attached hydrogen (secondary N) is 2. The van der Waals surface area contributed by atoms with Crippen LogP contribution in [0.3, 0.4) is 0 Å². The second-order valence-electron chi connectivity index (χ2n) is 7.72. The van der Waals surface area contributed by atoms with Gasteiger partial charge in [-0.1, -0.05) is 26.0 Å². The number of rotatable bonds is 6. The maximum atomic E-state index is 11.1. The van der Waals surface area contributed by atoms with Gasteiger partial charge in [-0.3, -0.25) is 9.89 Å². The molecule has 0 radical (unpaired) electrons. The second kappa shape index (κ2) is 7.50. The fourth-order valence-corrected chi connectivity index (χ4v) is 3.39. The lowest BCUT2D eigenvalue weighted by Crippen LogP contribution is -2.10. The number of hydrogen-bond acceptors (Lipinski definition) is 5. The van der Waals surface area contributed by atoms with E-state index in [0.717, 1.165) is 46.1 Å². The average molecular weight is 388 g/mol. The number of aromatic nitrogens is 5. The van der Waals surface area contributed by atoms with E-state index < -0.39 is 0 Å². The number of aryl methyl sites for hydroxylation is 2. The van der Waals surface area contributed by atoms with Gasteiger partial charge in [0.1, 0.15) is 6.29 Å². The molecule has 2 aromatic heterocycles. The molecular weight excluding hydrogens is 364 g/mol. The lowest BCUT2D eigenvalue weighted by atomic mass is 10.1. The Labute approximate surface area is 169 Å². The Morgan fingerprint density at radius 1 is 1.21 bits per heavy atom. The summed E-state index contributed by atoms with van der Waals surface area (Å²) < 4.78 is 1.90. The largest absolute Gasteiger partial charge is 0.324 e. The van der Waals surface area contributed by atoms with Gasteiger partial charge in [0.25, 0.3) is 0 Å². The summed E-state index contributed by atoms with van der Waals surface area (Å²) in [4.78, 5) is 15.9. The number of H-pyrrole nitrogens is 1. The molecule has 0 atom stereocenters. The molecule has 2 aromatic carbocycles. The van der Waals surface area contributed by atoms with Gasteiger partial charge in [0.05, 0.1) is 11.7 Å². The number of aromatic amines is 1. The Hall–Kier alpha value is -3.48. The first-order valence-corrected chi connectivity index (χ1v) is 9.67. The van der Waals surface area contributed by atoms with Crippen LogP contribution in [-0.2, 0) is 6.54 Å². The number of hydrogen-bond donors (Lipinski definition) is 2. The molecule has 148 valence electrons. The van der Waals surface area contributed by atoms with Crippen LogP contribution in [0.25, 0.3) is 22.3 Å². The third kappa shape index (κ3) is 3.63. The standard InChI is InChI=1S/C22H24N6O/c1-13(2)11-28-22(24-19-7-8-20-18(15(19)4)10-23-26-20)25-21(27-28)16-5-6-17(12-29)14(3)9-16/h5-10,12-13H,11H2,1-4H3,(H,23,26)(H,24,25,27). The highest BCUT2D eigenvalue weighted by molar-refractivity contribution is 5.87. The van der Waals surface area contributed by atoms with Crippen LogP contribution in [0.2, 0.25) is 0 Å². The van der Waals surface area contributed by atoms with Crippen LogP contribution in [0, 0.1) is 19.8 Å². The minimum absolute atomic E-state index is 0.418. The van der Waals surface area contributed by atoms with Gasteiger partial charge in [-0.2, -0.15) is 10.1 Å². The van der Waals surface area contributed by atoms with E-state index in [1.54, 1.807) is 0 Å². The molecule has 0 amide bonds. The minimum Gasteiger partial charge on any atom is -0.324 e. The Morgan fingerprint density at radius 3 is 2.76 bits per heavy atom. The number of carbonyl (C=O) groups is 1. The van der Waals surface area contributed by atoms with Crippen molar-refractivity contribution in [2.24, 2.45) is 5.92 Å². The molecule has 0 aliphatic rings. The first kappa shape index (κ1) is 18.9. The highest BCUT2D eigenvalue weighted by Gasteiger charge is 2.15. The molecule has 0 unspecified atom stereocenters. The maximum Gasteiger partial charge on any atom is 0.226 e. The number of anilines is 2. The van der Waals surface area contributed by atoms with E-state index in [-0.39, 0.29) is 0 Å². The fourth-order valence-electron chi connectivity index (χ4n) is 3.39. The van der Waals surface area contributed by atoms with Crippen LogP contribution < -0.4 is 5.32 Å². The van der Waals surface area contributed by atoms with E-state index in [9.17, 15) is 4.79 Å². The van der Waals surface area contributed by atoms with E-state index in [1.807, 2.05) is 48.1 Å². The smallest absolute Gasteiger partial charge is 0.226 e. The van der Waals surface area contributed by atoms with Gasteiger partial charge in [-0.15, -0.1) is 5.10 Å². The number of carbonyl (C=O) groups excluding carboxylic acids is 1. The zero-order valence-electron chi connectivity index (χ0n) is 17.0. The maximum absolute atomic E-state index is 11.1. The highest BCUT2D eigenvalue weighted by atomic mass is 16.1.